The van der Waals surface area contributed by atoms with Crippen molar-refractivity contribution in [1.82, 2.24) is 0 Å². The normalized spacial score (nSPS) is 12.7. The molecule has 0 spiro atoms. The van der Waals surface area contributed by atoms with Crippen molar-refractivity contribution in [2.75, 3.05) is 0 Å². The number of hydrogen-bond acceptors (Lipinski definition) is 4. The SMILES string of the molecule is C=C(CC)CC(CC(C)OC(=O)c1ccccc1)OC(=O)c1ccccc1. The predicted octanol–water partition coefficient (Wildman–Crippen LogP) is 5.20. The molecular formula is C23H26O4. The van der Waals surface area contributed by atoms with E-state index in [9.17, 15) is 9.59 Å². The monoisotopic (exact) mass is 366 g/mol. The third-order valence-electron chi connectivity index (χ3n) is 4.21. The molecule has 0 aromatic heterocycles. The summed E-state index contributed by atoms with van der Waals surface area (Å²) in [6, 6.07) is 17.7. The molecule has 4 nitrogen and oxygen atoms in total. The van der Waals surface area contributed by atoms with Crippen LogP contribution in [0.5, 0.6) is 0 Å². The topological polar surface area (TPSA) is 52.6 Å². The molecule has 0 saturated heterocycles. The summed E-state index contributed by atoms with van der Waals surface area (Å²) in [6.07, 6.45) is 0.968. The van der Waals surface area contributed by atoms with Gasteiger partial charge >= 0.3 is 11.9 Å². The summed E-state index contributed by atoms with van der Waals surface area (Å²) >= 11 is 0. The minimum absolute atomic E-state index is 0.383. The van der Waals surface area contributed by atoms with E-state index in [0.717, 1.165) is 12.0 Å². The van der Waals surface area contributed by atoms with Gasteiger partial charge in [0.15, 0.2) is 0 Å². The third-order valence-corrected chi connectivity index (χ3v) is 4.21. The van der Waals surface area contributed by atoms with Gasteiger partial charge in [0.2, 0.25) is 0 Å². The Balaban J connectivity index is 1.99. The van der Waals surface area contributed by atoms with E-state index in [4.69, 9.17) is 9.47 Å². The van der Waals surface area contributed by atoms with Gasteiger partial charge in [0.25, 0.3) is 0 Å². The van der Waals surface area contributed by atoms with Gasteiger partial charge in [-0.25, -0.2) is 9.59 Å². The molecule has 0 N–H and O–H groups in total. The van der Waals surface area contributed by atoms with Gasteiger partial charge in [0.05, 0.1) is 11.1 Å². The van der Waals surface area contributed by atoms with Crippen molar-refractivity contribution < 1.29 is 19.1 Å². The van der Waals surface area contributed by atoms with Crippen LogP contribution in [0.1, 0.15) is 53.8 Å². The molecule has 0 heterocycles. The molecule has 0 aliphatic rings. The molecule has 2 rings (SSSR count). The first kappa shape index (κ1) is 20.4. The van der Waals surface area contributed by atoms with Crippen molar-refractivity contribution in [2.45, 2.75) is 45.3 Å². The van der Waals surface area contributed by atoms with E-state index in [1.54, 1.807) is 55.5 Å². The molecule has 0 aliphatic carbocycles. The largest absolute Gasteiger partial charge is 0.459 e. The number of carbonyl (C=O) groups is 2. The standard InChI is InChI=1S/C23H26O4/c1-4-17(2)15-21(27-23(25)20-13-9-6-10-14-20)16-18(3)26-22(24)19-11-7-5-8-12-19/h5-14,18,21H,2,4,15-16H2,1,3H3. The van der Waals surface area contributed by atoms with E-state index in [2.05, 4.69) is 6.58 Å². The Morgan fingerprint density at radius 3 is 1.85 bits per heavy atom. The van der Waals surface area contributed by atoms with E-state index in [-0.39, 0.29) is 11.9 Å². The fraction of sp³-hybridized carbons (Fsp3) is 0.304. The van der Waals surface area contributed by atoms with Crippen LogP contribution in [-0.2, 0) is 9.47 Å². The molecule has 0 amide bonds. The van der Waals surface area contributed by atoms with Gasteiger partial charge in [-0.05, 0) is 37.6 Å². The van der Waals surface area contributed by atoms with E-state index < -0.39 is 12.2 Å². The molecule has 0 aliphatic heterocycles. The van der Waals surface area contributed by atoms with Crippen LogP contribution in [0.2, 0.25) is 0 Å². The lowest BCUT2D eigenvalue weighted by Gasteiger charge is -2.22. The van der Waals surface area contributed by atoms with Gasteiger partial charge in [0.1, 0.15) is 12.2 Å². The molecule has 0 fully saturated rings. The summed E-state index contributed by atoms with van der Waals surface area (Å²) in [6.45, 7) is 7.83. The third kappa shape index (κ3) is 6.74. The van der Waals surface area contributed by atoms with Crippen LogP contribution in [0, 0.1) is 0 Å². The smallest absolute Gasteiger partial charge is 0.338 e. The van der Waals surface area contributed by atoms with Crippen molar-refractivity contribution in [3.8, 4) is 0 Å². The summed E-state index contributed by atoms with van der Waals surface area (Å²) in [5, 5.41) is 0. The summed E-state index contributed by atoms with van der Waals surface area (Å²) in [7, 11) is 0. The summed E-state index contributed by atoms with van der Waals surface area (Å²) < 4.78 is 11.2. The fourth-order valence-corrected chi connectivity index (χ4v) is 2.68. The Kier molecular flexibility index (Phi) is 7.80. The lowest BCUT2D eigenvalue weighted by Crippen LogP contribution is -2.26. The Hall–Kier alpha value is -2.88. The average molecular weight is 366 g/mol. The van der Waals surface area contributed by atoms with Gasteiger partial charge in [0, 0.05) is 12.8 Å². The van der Waals surface area contributed by atoms with E-state index in [1.807, 2.05) is 19.1 Å². The van der Waals surface area contributed by atoms with Crippen LogP contribution >= 0.6 is 0 Å². The number of carbonyl (C=O) groups excluding carboxylic acids is 2. The lowest BCUT2D eigenvalue weighted by molar-refractivity contribution is 0.00367. The van der Waals surface area contributed by atoms with Crippen LogP contribution in [0.15, 0.2) is 72.8 Å². The van der Waals surface area contributed by atoms with Gasteiger partial charge < -0.3 is 9.47 Å². The molecule has 27 heavy (non-hydrogen) atoms. The Morgan fingerprint density at radius 1 is 0.889 bits per heavy atom. The molecule has 2 unspecified atom stereocenters. The number of esters is 2. The molecule has 2 aromatic carbocycles. The second-order valence-corrected chi connectivity index (χ2v) is 6.52. The maximum Gasteiger partial charge on any atom is 0.338 e. The van der Waals surface area contributed by atoms with Crippen LogP contribution in [-0.4, -0.2) is 24.1 Å². The van der Waals surface area contributed by atoms with Crippen LogP contribution in [0.3, 0.4) is 0 Å². The molecule has 0 bridgehead atoms. The minimum Gasteiger partial charge on any atom is -0.459 e. The number of benzene rings is 2. The fourth-order valence-electron chi connectivity index (χ4n) is 2.68. The van der Waals surface area contributed by atoms with Crippen molar-refractivity contribution in [1.29, 1.82) is 0 Å². The zero-order valence-corrected chi connectivity index (χ0v) is 15.9. The molecular weight excluding hydrogens is 340 g/mol. The highest BCUT2D eigenvalue weighted by Gasteiger charge is 2.22. The highest BCUT2D eigenvalue weighted by atomic mass is 16.6. The minimum atomic E-state index is -0.399. The maximum absolute atomic E-state index is 12.4. The van der Waals surface area contributed by atoms with E-state index in [1.165, 1.54) is 0 Å². The maximum atomic E-state index is 12.4. The van der Waals surface area contributed by atoms with Crippen molar-refractivity contribution in [3.63, 3.8) is 0 Å². The first-order valence-electron chi connectivity index (χ1n) is 9.18. The number of ether oxygens (including phenoxy) is 2. The van der Waals surface area contributed by atoms with Crippen molar-refractivity contribution in [3.05, 3.63) is 83.9 Å². The quantitative estimate of drug-likeness (QED) is 0.452. The average Bonchev–Trinajstić information content (AvgIpc) is 2.68. The van der Waals surface area contributed by atoms with Crippen LogP contribution in [0.25, 0.3) is 0 Å². The second kappa shape index (κ2) is 10.3. The molecule has 0 radical (unpaired) electrons. The first-order chi connectivity index (χ1) is 13.0. The zero-order valence-electron chi connectivity index (χ0n) is 15.9. The summed E-state index contributed by atoms with van der Waals surface area (Å²) in [4.78, 5) is 24.6. The molecule has 4 heteroatoms. The molecule has 2 atom stereocenters. The predicted molar refractivity (Wildman–Crippen MR) is 106 cm³/mol. The first-order valence-corrected chi connectivity index (χ1v) is 9.18. The Labute approximate surface area is 160 Å². The molecule has 0 saturated carbocycles. The van der Waals surface area contributed by atoms with Gasteiger partial charge in [-0.1, -0.05) is 55.5 Å². The number of rotatable bonds is 9. The highest BCUT2D eigenvalue weighted by molar-refractivity contribution is 5.90. The van der Waals surface area contributed by atoms with Crippen LogP contribution in [0.4, 0.5) is 0 Å². The Bertz CT molecular complexity index is 752. The van der Waals surface area contributed by atoms with Crippen molar-refractivity contribution >= 4 is 11.9 Å². The highest BCUT2D eigenvalue weighted by Crippen LogP contribution is 2.19. The van der Waals surface area contributed by atoms with Crippen LogP contribution < -0.4 is 0 Å². The van der Waals surface area contributed by atoms with Gasteiger partial charge in [-0.15, -0.1) is 0 Å². The van der Waals surface area contributed by atoms with Gasteiger partial charge in [-0.3, -0.25) is 0 Å². The molecule has 142 valence electrons. The molecule has 2 aromatic rings. The lowest BCUT2D eigenvalue weighted by atomic mass is 10.0. The van der Waals surface area contributed by atoms with Crippen molar-refractivity contribution in [2.24, 2.45) is 0 Å². The Morgan fingerprint density at radius 2 is 1.37 bits per heavy atom. The van der Waals surface area contributed by atoms with E-state index >= 15 is 0 Å². The van der Waals surface area contributed by atoms with Gasteiger partial charge in [-0.2, -0.15) is 0 Å². The zero-order chi connectivity index (χ0) is 19.6. The van der Waals surface area contributed by atoms with E-state index in [0.29, 0.717) is 24.0 Å². The summed E-state index contributed by atoms with van der Waals surface area (Å²) in [5.74, 6) is -0.767. The summed E-state index contributed by atoms with van der Waals surface area (Å²) in [5.41, 5.74) is 1.99. The number of hydrogen-bond donors (Lipinski definition) is 0. The second-order valence-electron chi connectivity index (χ2n) is 6.52.